The maximum absolute atomic E-state index is 13.0. The molecule has 0 amide bonds. The largest absolute Gasteiger partial charge is 0.426 e. The lowest BCUT2D eigenvalue weighted by molar-refractivity contribution is -0.135. The van der Waals surface area contributed by atoms with Gasteiger partial charge in [0.1, 0.15) is 11.7 Å². The minimum Gasteiger partial charge on any atom is -0.426 e. The van der Waals surface area contributed by atoms with E-state index in [9.17, 15) is 4.79 Å². The van der Waals surface area contributed by atoms with Gasteiger partial charge in [0.2, 0.25) is 0 Å². The number of fused-ring (bicyclic) bond motifs is 1. The van der Waals surface area contributed by atoms with Crippen LogP contribution in [-0.2, 0) is 4.79 Å². The first-order valence-corrected chi connectivity index (χ1v) is 8.62. The molecule has 0 bridgehead atoms. The van der Waals surface area contributed by atoms with Gasteiger partial charge in [-0.25, -0.2) is 0 Å². The lowest BCUT2D eigenvalue weighted by Crippen LogP contribution is -2.20. The van der Waals surface area contributed by atoms with Crippen molar-refractivity contribution in [1.82, 2.24) is 0 Å². The summed E-state index contributed by atoms with van der Waals surface area (Å²) in [6, 6.07) is 33.2. The van der Waals surface area contributed by atoms with E-state index in [0.717, 1.165) is 21.9 Å². The molecule has 0 spiro atoms. The normalized spacial score (nSPS) is 10.8. The zero-order valence-electron chi connectivity index (χ0n) is 14.2. The van der Waals surface area contributed by atoms with Crippen LogP contribution < -0.4 is 4.74 Å². The number of carbonyl (C=O) groups is 1. The molecule has 126 valence electrons. The summed E-state index contributed by atoms with van der Waals surface area (Å²) in [5.41, 5.74) is 1.84. The van der Waals surface area contributed by atoms with Crippen LogP contribution in [0.3, 0.4) is 0 Å². The molecular weight excluding hydrogens is 320 g/mol. The second-order valence-corrected chi connectivity index (χ2v) is 6.18. The molecule has 0 N–H and O–H groups in total. The quantitative estimate of drug-likeness (QED) is 0.359. The Balaban J connectivity index is 1.68. The summed E-state index contributed by atoms with van der Waals surface area (Å²) < 4.78 is 5.75. The van der Waals surface area contributed by atoms with Crippen molar-refractivity contribution < 1.29 is 9.53 Å². The van der Waals surface area contributed by atoms with Gasteiger partial charge >= 0.3 is 5.97 Å². The second-order valence-electron chi connectivity index (χ2n) is 6.18. The molecule has 2 heteroatoms. The Labute approximate surface area is 152 Å². The minimum absolute atomic E-state index is 0.280. The third-order valence-corrected chi connectivity index (χ3v) is 4.44. The van der Waals surface area contributed by atoms with E-state index in [0.29, 0.717) is 5.75 Å². The molecule has 4 aromatic rings. The molecule has 0 saturated carbocycles. The van der Waals surface area contributed by atoms with Crippen molar-refractivity contribution in [3.8, 4) is 5.75 Å². The number of hydrogen-bond donors (Lipinski definition) is 0. The lowest BCUT2D eigenvalue weighted by Gasteiger charge is -2.17. The fourth-order valence-electron chi connectivity index (χ4n) is 3.16. The van der Waals surface area contributed by atoms with Crippen LogP contribution in [0, 0.1) is 0 Å². The molecule has 0 atom stereocenters. The average molecular weight is 338 g/mol. The molecule has 0 aliphatic heterocycles. The van der Waals surface area contributed by atoms with E-state index in [1.54, 1.807) is 0 Å². The molecule has 0 radical (unpaired) electrons. The van der Waals surface area contributed by atoms with Gasteiger partial charge in [-0.1, -0.05) is 91.0 Å². The minimum atomic E-state index is -0.455. The third kappa shape index (κ3) is 3.35. The van der Waals surface area contributed by atoms with Crippen molar-refractivity contribution in [2.24, 2.45) is 0 Å². The standard InChI is InChI=1S/C24H18O2/c25-24(26-22-16-15-18-9-7-8-14-21(18)17-22)23(19-10-3-1-4-11-19)20-12-5-2-6-13-20/h1-17,23H. The van der Waals surface area contributed by atoms with Gasteiger partial charge in [-0.3, -0.25) is 4.79 Å². The van der Waals surface area contributed by atoms with E-state index in [1.165, 1.54) is 0 Å². The van der Waals surface area contributed by atoms with Gasteiger partial charge in [-0.05, 0) is 34.0 Å². The maximum Gasteiger partial charge on any atom is 0.323 e. The van der Waals surface area contributed by atoms with Crippen LogP contribution in [-0.4, -0.2) is 5.97 Å². The second kappa shape index (κ2) is 7.24. The Morgan fingerprint density at radius 1 is 0.615 bits per heavy atom. The number of carbonyl (C=O) groups excluding carboxylic acids is 1. The van der Waals surface area contributed by atoms with Crippen molar-refractivity contribution in [2.45, 2.75) is 5.92 Å². The molecule has 0 heterocycles. The Kier molecular flexibility index (Phi) is 4.48. The number of ether oxygens (including phenoxy) is 1. The highest BCUT2D eigenvalue weighted by atomic mass is 16.5. The summed E-state index contributed by atoms with van der Waals surface area (Å²) in [6.45, 7) is 0. The Bertz CT molecular complexity index is 984. The Hall–Kier alpha value is -3.39. The van der Waals surface area contributed by atoms with Gasteiger partial charge in [-0.15, -0.1) is 0 Å². The first-order chi connectivity index (χ1) is 12.8. The molecule has 26 heavy (non-hydrogen) atoms. The summed E-state index contributed by atoms with van der Waals surface area (Å²) in [5.74, 6) is -0.174. The van der Waals surface area contributed by atoms with E-state index in [-0.39, 0.29) is 5.97 Å². The van der Waals surface area contributed by atoms with Crippen molar-refractivity contribution in [3.05, 3.63) is 114 Å². The molecule has 0 unspecified atom stereocenters. The SMILES string of the molecule is O=C(Oc1ccc2ccccc2c1)C(c1ccccc1)c1ccccc1. The summed E-state index contributed by atoms with van der Waals surface area (Å²) in [5, 5.41) is 2.17. The first kappa shape index (κ1) is 16.1. The van der Waals surface area contributed by atoms with Gasteiger partial charge in [-0.2, -0.15) is 0 Å². The van der Waals surface area contributed by atoms with Crippen molar-refractivity contribution in [1.29, 1.82) is 0 Å². The highest BCUT2D eigenvalue weighted by molar-refractivity contribution is 5.87. The van der Waals surface area contributed by atoms with Crippen LogP contribution in [0.15, 0.2) is 103 Å². The van der Waals surface area contributed by atoms with Gasteiger partial charge < -0.3 is 4.74 Å². The molecule has 0 aromatic heterocycles. The molecule has 4 aromatic carbocycles. The molecular formula is C24H18O2. The predicted octanol–water partition coefficient (Wildman–Crippen LogP) is 5.58. The van der Waals surface area contributed by atoms with E-state index in [4.69, 9.17) is 4.74 Å². The molecule has 4 rings (SSSR count). The predicted molar refractivity (Wildman–Crippen MR) is 104 cm³/mol. The van der Waals surface area contributed by atoms with Crippen LogP contribution in [0.4, 0.5) is 0 Å². The number of hydrogen-bond acceptors (Lipinski definition) is 2. The smallest absolute Gasteiger partial charge is 0.323 e. The molecule has 2 nitrogen and oxygen atoms in total. The summed E-state index contributed by atoms with van der Waals surface area (Å²) in [4.78, 5) is 13.0. The molecule has 0 aliphatic carbocycles. The van der Waals surface area contributed by atoms with Crippen molar-refractivity contribution in [2.75, 3.05) is 0 Å². The zero-order valence-corrected chi connectivity index (χ0v) is 14.2. The van der Waals surface area contributed by atoms with E-state index >= 15 is 0 Å². The van der Waals surface area contributed by atoms with Crippen LogP contribution in [0.5, 0.6) is 5.75 Å². The van der Waals surface area contributed by atoms with Crippen LogP contribution in [0.25, 0.3) is 10.8 Å². The first-order valence-electron chi connectivity index (χ1n) is 8.62. The van der Waals surface area contributed by atoms with E-state index in [1.807, 2.05) is 103 Å². The average Bonchev–Trinajstić information content (AvgIpc) is 2.70. The van der Waals surface area contributed by atoms with Gasteiger partial charge in [0.05, 0.1) is 0 Å². The van der Waals surface area contributed by atoms with Crippen molar-refractivity contribution in [3.63, 3.8) is 0 Å². The van der Waals surface area contributed by atoms with E-state index < -0.39 is 5.92 Å². The third-order valence-electron chi connectivity index (χ3n) is 4.44. The van der Waals surface area contributed by atoms with Gasteiger partial charge in [0.15, 0.2) is 0 Å². The topological polar surface area (TPSA) is 26.3 Å². The number of esters is 1. The van der Waals surface area contributed by atoms with Crippen LogP contribution >= 0.6 is 0 Å². The fraction of sp³-hybridized carbons (Fsp3) is 0.0417. The zero-order chi connectivity index (χ0) is 17.8. The van der Waals surface area contributed by atoms with E-state index in [2.05, 4.69) is 0 Å². The summed E-state index contributed by atoms with van der Waals surface area (Å²) in [6.07, 6.45) is 0. The Morgan fingerprint density at radius 2 is 1.15 bits per heavy atom. The monoisotopic (exact) mass is 338 g/mol. The van der Waals surface area contributed by atoms with Gasteiger partial charge in [0.25, 0.3) is 0 Å². The van der Waals surface area contributed by atoms with Crippen LogP contribution in [0.1, 0.15) is 17.0 Å². The molecule has 0 fully saturated rings. The lowest BCUT2D eigenvalue weighted by atomic mass is 9.91. The van der Waals surface area contributed by atoms with Crippen LogP contribution in [0.2, 0.25) is 0 Å². The summed E-state index contributed by atoms with van der Waals surface area (Å²) >= 11 is 0. The van der Waals surface area contributed by atoms with Gasteiger partial charge in [0, 0.05) is 0 Å². The number of benzene rings is 4. The number of rotatable bonds is 4. The highest BCUT2D eigenvalue weighted by Gasteiger charge is 2.24. The highest BCUT2D eigenvalue weighted by Crippen LogP contribution is 2.28. The molecule has 0 saturated heterocycles. The maximum atomic E-state index is 13.0. The fourth-order valence-corrected chi connectivity index (χ4v) is 3.16. The molecule has 0 aliphatic rings. The van der Waals surface area contributed by atoms with Crippen molar-refractivity contribution >= 4 is 16.7 Å². The Morgan fingerprint density at radius 3 is 1.77 bits per heavy atom. The summed E-state index contributed by atoms with van der Waals surface area (Å²) in [7, 11) is 0.